The first-order chi connectivity index (χ1) is 14.5. The number of carbonyl (C=O) groups excluding carboxylic acids is 2. The smallest absolute Gasteiger partial charge is 0.255 e. The Morgan fingerprint density at radius 2 is 1.67 bits per heavy atom. The molecule has 0 heterocycles. The molecule has 0 saturated heterocycles. The van der Waals surface area contributed by atoms with Crippen LogP contribution in [-0.2, 0) is 4.79 Å². The lowest BCUT2D eigenvalue weighted by Crippen LogP contribution is -2.14. The molecular weight excluding hydrogens is 396 g/mol. The Labute approximate surface area is 180 Å². The van der Waals surface area contributed by atoms with Gasteiger partial charge in [0.05, 0.1) is 12.4 Å². The molecule has 0 aromatic heterocycles. The number of nitrogens with one attached hydrogen (secondary N) is 2. The summed E-state index contributed by atoms with van der Waals surface area (Å²) in [5, 5.41) is 5.77. The van der Waals surface area contributed by atoms with Crippen LogP contribution < -0.4 is 15.4 Å². The molecule has 5 nitrogen and oxygen atoms in total. The highest BCUT2D eigenvalue weighted by Crippen LogP contribution is 2.23. The van der Waals surface area contributed by atoms with Crippen molar-refractivity contribution in [3.8, 4) is 5.75 Å². The molecule has 2 N–H and O–H groups in total. The van der Waals surface area contributed by atoms with Crippen LogP contribution in [0.2, 0.25) is 0 Å². The van der Waals surface area contributed by atoms with Gasteiger partial charge in [0.1, 0.15) is 5.75 Å². The van der Waals surface area contributed by atoms with Gasteiger partial charge in [-0.1, -0.05) is 23.8 Å². The lowest BCUT2D eigenvalue weighted by Gasteiger charge is -2.09. The number of amides is 2. The summed E-state index contributed by atoms with van der Waals surface area (Å²) in [6.45, 7) is 4.48. The Morgan fingerprint density at radius 3 is 2.40 bits per heavy atom. The summed E-state index contributed by atoms with van der Waals surface area (Å²) in [5.41, 5.74) is 3.06. The third-order valence-corrected chi connectivity index (χ3v) is 5.18. The van der Waals surface area contributed by atoms with Crippen molar-refractivity contribution in [2.45, 2.75) is 18.7 Å². The van der Waals surface area contributed by atoms with E-state index in [1.165, 1.54) is 11.8 Å². The number of anilines is 2. The summed E-state index contributed by atoms with van der Waals surface area (Å²) >= 11 is 1.41. The van der Waals surface area contributed by atoms with Crippen LogP contribution in [0.15, 0.2) is 77.7 Å². The van der Waals surface area contributed by atoms with Crippen LogP contribution in [0.1, 0.15) is 22.8 Å². The second-order valence-electron chi connectivity index (χ2n) is 6.65. The molecule has 154 valence electrons. The van der Waals surface area contributed by atoms with E-state index in [4.69, 9.17) is 4.74 Å². The van der Waals surface area contributed by atoms with E-state index in [-0.39, 0.29) is 17.6 Å². The molecule has 0 fully saturated rings. The van der Waals surface area contributed by atoms with Crippen molar-refractivity contribution >= 4 is 35.0 Å². The minimum absolute atomic E-state index is 0.0987. The van der Waals surface area contributed by atoms with E-state index in [1.807, 2.05) is 80.6 Å². The Kier molecular flexibility index (Phi) is 7.51. The first kappa shape index (κ1) is 21.5. The quantitative estimate of drug-likeness (QED) is 0.480. The standard InChI is InChI=1S/C24H24N2O3S/c1-3-29-21-12-10-19(11-13-21)25-23(27)16-30-22-9-5-8-20(15-22)26-24(28)18-7-4-6-17(2)14-18/h4-15H,3,16H2,1-2H3,(H,25,27)(H,26,28). The van der Waals surface area contributed by atoms with Gasteiger partial charge in [-0.25, -0.2) is 0 Å². The van der Waals surface area contributed by atoms with Crippen LogP contribution in [0.5, 0.6) is 5.75 Å². The second kappa shape index (κ2) is 10.5. The molecule has 0 aliphatic rings. The second-order valence-corrected chi connectivity index (χ2v) is 7.69. The Hall–Kier alpha value is -3.25. The first-order valence-corrected chi connectivity index (χ1v) is 10.7. The summed E-state index contributed by atoms with van der Waals surface area (Å²) in [5.74, 6) is 0.782. The van der Waals surface area contributed by atoms with Crippen LogP contribution in [0.3, 0.4) is 0 Å². The van der Waals surface area contributed by atoms with Gasteiger partial charge in [0.2, 0.25) is 5.91 Å². The monoisotopic (exact) mass is 420 g/mol. The zero-order valence-electron chi connectivity index (χ0n) is 17.0. The van der Waals surface area contributed by atoms with E-state index >= 15 is 0 Å². The molecule has 3 aromatic rings. The van der Waals surface area contributed by atoms with Gasteiger partial charge in [-0.15, -0.1) is 11.8 Å². The third-order valence-electron chi connectivity index (χ3n) is 4.19. The van der Waals surface area contributed by atoms with Crippen molar-refractivity contribution in [3.05, 3.63) is 83.9 Å². The van der Waals surface area contributed by atoms with Gasteiger partial charge in [-0.05, 0) is 68.4 Å². The largest absolute Gasteiger partial charge is 0.494 e. The number of rotatable bonds is 8. The minimum atomic E-state index is -0.158. The molecule has 3 rings (SSSR count). The maximum atomic E-state index is 12.4. The van der Waals surface area contributed by atoms with Crippen molar-refractivity contribution in [2.24, 2.45) is 0 Å². The Morgan fingerprint density at radius 1 is 0.900 bits per heavy atom. The average Bonchev–Trinajstić information content (AvgIpc) is 2.74. The highest BCUT2D eigenvalue weighted by molar-refractivity contribution is 8.00. The van der Waals surface area contributed by atoms with Gasteiger partial charge < -0.3 is 15.4 Å². The van der Waals surface area contributed by atoms with Crippen molar-refractivity contribution in [2.75, 3.05) is 23.0 Å². The average molecular weight is 421 g/mol. The van der Waals surface area contributed by atoms with Crippen molar-refractivity contribution < 1.29 is 14.3 Å². The number of carbonyl (C=O) groups is 2. The van der Waals surface area contributed by atoms with Gasteiger partial charge in [-0.2, -0.15) is 0 Å². The first-order valence-electron chi connectivity index (χ1n) is 9.67. The van der Waals surface area contributed by atoms with E-state index in [1.54, 1.807) is 6.07 Å². The molecule has 30 heavy (non-hydrogen) atoms. The number of hydrogen-bond donors (Lipinski definition) is 2. The SMILES string of the molecule is CCOc1ccc(NC(=O)CSc2cccc(NC(=O)c3cccc(C)c3)c2)cc1. The zero-order chi connectivity index (χ0) is 21.3. The van der Waals surface area contributed by atoms with Crippen molar-refractivity contribution in [1.29, 1.82) is 0 Å². The molecule has 0 bridgehead atoms. The molecule has 0 aliphatic carbocycles. The predicted octanol–water partition coefficient (Wildman–Crippen LogP) is 5.38. The number of ether oxygens (including phenoxy) is 1. The van der Waals surface area contributed by atoms with E-state index in [9.17, 15) is 9.59 Å². The van der Waals surface area contributed by atoms with Gasteiger partial charge in [0.25, 0.3) is 5.91 Å². The van der Waals surface area contributed by atoms with Crippen LogP contribution in [-0.4, -0.2) is 24.2 Å². The molecule has 0 radical (unpaired) electrons. The summed E-state index contributed by atoms with van der Waals surface area (Å²) in [4.78, 5) is 25.6. The van der Waals surface area contributed by atoms with E-state index in [0.29, 0.717) is 17.9 Å². The molecule has 0 unspecified atom stereocenters. The number of aryl methyl sites for hydroxylation is 1. The normalized spacial score (nSPS) is 10.3. The fourth-order valence-electron chi connectivity index (χ4n) is 2.80. The number of thioether (sulfide) groups is 1. The third kappa shape index (κ3) is 6.39. The molecule has 0 saturated carbocycles. The summed E-state index contributed by atoms with van der Waals surface area (Å²) in [7, 11) is 0. The predicted molar refractivity (Wildman–Crippen MR) is 123 cm³/mol. The van der Waals surface area contributed by atoms with E-state index in [2.05, 4.69) is 10.6 Å². The van der Waals surface area contributed by atoms with Crippen LogP contribution >= 0.6 is 11.8 Å². The zero-order valence-corrected chi connectivity index (χ0v) is 17.8. The van der Waals surface area contributed by atoms with Crippen LogP contribution in [0, 0.1) is 6.92 Å². The maximum Gasteiger partial charge on any atom is 0.255 e. The fourth-order valence-corrected chi connectivity index (χ4v) is 3.56. The molecule has 6 heteroatoms. The number of hydrogen-bond acceptors (Lipinski definition) is 4. The van der Waals surface area contributed by atoms with E-state index < -0.39 is 0 Å². The highest BCUT2D eigenvalue weighted by Gasteiger charge is 2.08. The fraction of sp³-hybridized carbons (Fsp3) is 0.167. The molecule has 3 aromatic carbocycles. The Balaban J connectivity index is 1.53. The highest BCUT2D eigenvalue weighted by atomic mass is 32.2. The maximum absolute atomic E-state index is 12.4. The molecule has 0 spiro atoms. The topological polar surface area (TPSA) is 67.4 Å². The van der Waals surface area contributed by atoms with Crippen LogP contribution in [0.4, 0.5) is 11.4 Å². The summed E-state index contributed by atoms with van der Waals surface area (Å²) in [6.07, 6.45) is 0. The number of benzene rings is 3. The van der Waals surface area contributed by atoms with Gasteiger partial charge in [0.15, 0.2) is 0 Å². The van der Waals surface area contributed by atoms with Gasteiger partial charge >= 0.3 is 0 Å². The van der Waals surface area contributed by atoms with Gasteiger partial charge in [0, 0.05) is 21.8 Å². The summed E-state index contributed by atoms with van der Waals surface area (Å²) < 4.78 is 5.40. The van der Waals surface area contributed by atoms with Crippen molar-refractivity contribution in [1.82, 2.24) is 0 Å². The van der Waals surface area contributed by atoms with Crippen LogP contribution in [0.25, 0.3) is 0 Å². The lowest BCUT2D eigenvalue weighted by molar-refractivity contribution is -0.113. The molecule has 2 amide bonds. The molecule has 0 atom stereocenters. The van der Waals surface area contributed by atoms with Crippen molar-refractivity contribution in [3.63, 3.8) is 0 Å². The Bertz CT molecular complexity index is 1020. The summed E-state index contributed by atoms with van der Waals surface area (Å²) in [6, 6.07) is 22.2. The molecular formula is C24H24N2O3S. The minimum Gasteiger partial charge on any atom is -0.494 e. The molecule has 0 aliphatic heterocycles. The lowest BCUT2D eigenvalue weighted by atomic mass is 10.1. The van der Waals surface area contributed by atoms with Gasteiger partial charge in [-0.3, -0.25) is 9.59 Å². The van der Waals surface area contributed by atoms with E-state index in [0.717, 1.165) is 21.9 Å².